The second kappa shape index (κ2) is 5.36. The molecular weight excluding hydrogens is 258 g/mol. The monoisotopic (exact) mass is 273 g/mol. The SMILES string of the molecule is Cc1ccc(C=Nc2ccc(S(C)(=O)=O)cc2)cc1. The van der Waals surface area contributed by atoms with Gasteiger partial charge in [0, 0.05) is 12.5 Å². The van der Waals surface area contributed by atoms with Crippen molar-refractivity contribution in [3.05, 3.63) is 59.7 Å². The highest BCUT2D eigenvalue weighted by Crippen LogP contribution is 2.16. The Balaban J connectivity index is 2.18. The molecule has 0 N–H and O–H groups in total. The van der Waals surface area contributed by atoms with E-state index in [1.165, 1.54) is 11.8 Å². The van der Waals surface area contributed by atoms with Crippen LogP contribution < -0.4 is 0 Å². The van der Waals surface area contributed by atoms with Gasteiger partial charge in [-0.1, -0.05) is 29.8 Å². The van der Waals surface area contributed by atoms with Gasteiger partial charge in [0.25, 0.3) is 0 Å². The van der Waals surface area contributed by atoms with Crippen LogP contribution >= 0.6 is 0 Å². The summed E-state index contributed by atoms with van der Waals surface area (Å²) in [4.78, 5) is 4.62. The lowest BCUT2D eigenvalue weighted by Gasteiger charge is -1.99. The van der Waals surface area contributed by atoms with Crippen LogP contribution in [-0.2, 0) is 9.84 Å². The van der Waals surface area contributed by atoms with E-state index in [4.69, 9.17) is 0 Å². The van der Waals surface area contributed by atoms with E-state index in [2.05, 4.69) is 4.99 Å². The molecule has 0 aliphatic rings. The van der Waals surface area contributed by atoms with Crippen molar-refractivity contribution in [3.8, 4) is 0 Å². The lowest BCUT2D eigenvalue weighted by Crippen LogP contribution is -1.95. The van der Waals surface area contributed by atoms with Gasteiger partial charge in [0.15, 0.2) is 9.84 Å². The van der Waals surface area contributed by atoms with Crippen LogP contribution in [0.4, 0.5) is 5.69 Å². The summed E-state index contributed by atoms with van der Waals surface area (Å²) in [6.07, 6.45) is 2.95. The molecule has 0 saturated carbocycles. The van der Waals surface area contributed by atoms with Crippen molar-refractivity contribution >= 4 is 21.7 Å². The van der Waals surface area contributed by atoms with Crippen LogP contribution in [0.2, 0.25) is 0 Å². The molecule has 0 heterocycles. The van der Waals surface area contributed by atoms with Crippen LogP contribution in [0.1, 0.15) is 11.1 Å². The van der Waals surface area contributed by atoms with Crippen LogP contribution in [0, 0.1) is 6.92 Å². The molecule has 0 unspecified atom stereocenters. The lowest BCUT2D eigenvalue weighted by molar-refractivity contribution is 0.602. The number of sulfone groups is 1. The average Bonchev–Trinajstić information content (AvgIpc) is 2.37. The minimum atomic E-state index is -3.14. The first-order chi connectivity index (χ1) is 8.95. The zero-order chi connectivity index (χ0) is 13.9. The molecule has 0 spiro atoms. The van der Waals surface area contributed by atoms with Gasteiger partial charge < -0.3 is 0 Å². The van der Waals surface area contributed by atoms with Gasteiger partial charge in [0.2, 0.25) is 0 Å². The first kappa shape index (κ1) is 13.5. The molecule has 0 aliphatic heterocycles. The van der Waals surface area contributed by atoms with Crippen LogP contribution in [0.3, 0.4) is 0 Å². The van der Waals surface area contributed by atoms with Crippen molar-refractivity contribution in [2.45, 2.75) is 11.8 Å². The maximum atomic E-state index is 11.3. The molecule has 0 amide bonds. The summed E-state index contributed by atoms with van der Waals surface area (Å²) in [6, 6.07) is 14.5. The average molecular weight is 273 g/mol. The van der Waals surface area contributed by atoms with Crippen LogP contribution in [0.25, 0.3) is 0 Å². The van der Waals surface area contributed by atoms with E-state index in [0.29, 0.717) is 4.90 Å². The van der Waals surface area contributed by atoms with Gasteiger partial charge in [-0.3, -0.25) is 4.99 Å². The van der Waals surface area contributed by atoms with Crippen molar-refractivity contribution < 1.29 is 8.42 Å². The number of hydrogen-bond acceptors (Lipinski definition) is 3. The first-order valence-corrected chi connectivity index (χ1v) is 7.75. The van der Waals surface area contributed by atoms with Gasteiger partial charge in [-0.25, -0.2) is 8.42 Å². The maximum Gasteiger partial charge on any atom is 0.175 e. The fourth-order valence-electron chi connectivity index (χ4n) is 1.58. The quantitative estimate of drug-likeness (QED) is 0.806. The number of nitrogens with zero attached hydrogens (tertiary/aromatic N) is 1. The highest BCUT2D eigenvalue weighted by atomic mass is 32.2. The van der Waals surface area contributed by atoms with E-state index < -0.39 is 9.84 Å². The molecule has 2 aromatic rings. The molecule has 0 aliphatic carbocycles. The third-order valence-electron chi connectivity index (χ3n) is 2.70. The predicted molar refractivity (Wildman–Crippen MR) is 78.0 cm³/mol. The zero-order valence-corrected chi connectivity index (χ0v) is 11.7. The van der Waals surface area contributed by atoms with Gasteiger partial charge in [-0.15, -0.1) is 0 Å². The minimum absolute atomic E-state index is 0.307. The van der Waals surface area contributed by atoms with E-state index in [9.17, 15) is 8.42 Å². The molecule has 3 nitrogen and oxygen atoms in total. The van der Waals surface area contributed by atoms with Gasteiger partial charge in [-0.2, -0.15) is 0 Å². The molecule has 2 aromatic carbocycles. The van der Waals surface area contributed by atoms with E-state index in [-0.39, 0.29) is 0 Å². The Bertz CT molecular complexity index is 684. The number of aryl methyl sites for hydroxylation is 1. The molecule has 0 saturated heterocycles. The molecule has 98 valence electrons. The lowest BCUT2D eigenvalue weighted by atomic mass is 10.2. The van der Waals surface area contributed by atoms with Gasteiger partial charge >= 0.3 is 0 Å². The van der Waals surface area contributed by atoms with Crippen LogP contribution in [0.5, 0.6) is 0 Å². The summed E-state index contributed by atoms with van der Waals surface area (Å²) in [5, 5.41) is 0. The second-order valence-electron chi connectivity index (χ2n) is 4.43. The van der Waals surface area contributed by atoms with E-state index in [0.717, 1.165) is 11.3 Å². The van der Waals surface area contributed by atoms with Crippen LogP contribution in [0.15, 0.2) is 58.4 Å². The Hall–Kier alpha value is -1.94. The Labute approximate surface area is 113 Å². The van der Waals surface area contributed by atoms with E-state index in [1.54, 1.807) is 30.5 Å². The summed E-state index contributed by atoms with van der Waals surface area (Å²) in [5.41, 5.74) is 2.94. The topological polar surface area (TPSA) is 46.5 Å². The second-order valence-corrected chi connectivity index (χ2v) is 6.45. The highest BCUT2D eigenvalue weighted by Gasteiger charge is 2.05. The fourth-order valence-corrected chi connectivity index (χ4v) is 2.21. The number of rotatable bonds is 3. The number of aliphatic imine (C=N–C) groups is 1. The van der Waals surface area contributed by atoms with Crippen molar-refractivity contribution in [2.75, 3.05) is 6.26 Å². The molecule has 4 heteroatoms. The predicted octanol–water partition coefficient (Wildman–Crippen LogP) is 3.15. The molecule has 0 atom stereocenters. The Morgan fingerprint density at radius 1 is 0.947 bits per heavy atom. The van der Waals surface area contributed by atoms with Gasteiger partial charge in [0.1, 0.15) is 0 Å². The summed E-state index contributed by atoms with van der Waals surface area (Å²) < 4.78 is 22.6. The highest BCUT2D eigenvalue weighted by molar-refractivity contribution is 7.90. The number of hydrogen-bond donors (Lipinski definition) is 0. The molecule has 0 aromatic heterocycles. The Morgan fingerprint density at radius 2 is 1.53 bits per heavy atom. The summed E-state index contributed by atoms with van der Waals surface area (Å²) in [7, 11) is -3.14. The third kappa shape index (κ3) is 3.76. The van der Waals surface area contributed by atoms with Crippen molar-refractivity contribution in [3.63, 3.8) is 0 Å². The standard InChI is InChI=1S/C15H15NO2S/c1-12-3-5-13(6-4-12)11-16-14-7-9-15(10-8-14)19(2,17)18/h3-11H,1-2H3. The Kier molecular flexibility index (Phi) is 3.81. The summed E-state index contributed by atoms with van der Waals surface area (Å²) in [5.74, 6) is 0. The molecule has 19 heavy (non-hydrogen) atoms. The summed E-state index contributed by atoms with van der Waals surface area (Å²) >= 11 is 0. The van der Waals surface area contributed by atoms with Crippen molar-refractivity contribution in [2.24, 2.45) is 4.99 Å². The molecule has 0 bridgehead atoms. The minimum Gasteiger partial charge on any atom is -0.256 e. The van der Waals surface area contributed by atoms with E-state index >= 15 is 0 Å². The zero-order valence-electron chi connectivity index (χ0n) is 10.9. The third-order valence-corrected chi connectivity index (χ3v) is 3.83. The van der Waals surface area contributed by atoms with Crippen molar-refractivity contribution in [1.29, 1.82) is 0 Å². The first-order valence-electron chi connectivity index (χ1n) is 5.86. The smallest absolute Gasteiger partial charge is 0.175 e. The molecule has 0 fully saturated rings. The number of benzene rings is 2. The molecule has 2 rings (SSSR count). The summed E-state index contributed by atoms with van der Waals surface area (Å²) in [6.45, 7) is 2.03. The van der Waals surface area contributed by atoms with Crippen molar-refractivity contribution in [1.82, 2.24) is 0 Å². The fraction of sp³-hybridized carbons (Fsp3) is 0.133. The Morgan fingerprint density at radius 3 is 2.05 bits per heavy atom. The van der Waals surface area contributed by atoms with E-state index in [1.807, 2.05) is 31.2 Å². The molecular formula is C15H15NO2S. The maximum absolute atomic E-state index is 11.3. The van der Waals surface area contributed by atoms with Gasteiger partial charge in [-0.05, 0) is 36.8 Å². The largest absolute Gasteiger partial charge is 0.256 e. The normalized spacial score (nSPS) is 11.9. The molecule has 0 radical (unpaired) electrons. The van der Waals surface area contributed by atoms with Crippen LogP contribution in [-0.4, -0.2) is 20.9 Å². The van der Waals surface area contributed by atoms with Gasteiger partial charge in [0.05, 0.1) is 10.6 Å².